The fraction of sp³-hybridized carbons (Fsp3) is 0.750. The van der Waals surface area contributed by atoms with E-state index < -0.39 is 16.4 Å². The summed E-state index contributed by atoms with van der Waals surface area (Å²) >= 11 is 0. The minimum Gasteiger partial charge on any atom is -0.716 e. The summed E-state index contributed by atoms with van der Waals surface area (Å²) in [5.41, 5.74) is 0. The number of rotatable bonds is 1. The smallest absolute Gasteiger partial charge is 0.716 e. The van der Waals surface area contributed by atoms with Gasteiger partial charge >= 0.3 is 35.5 Å². The van der Waals surface area contributed by atoms with Crippen molar-refractivity contribution >= 4 is 16.4 Å². The monoisotopic (exact) mass is 208 g/mol. The molecule has 6 nitrogen and oxygen atoms in total. The molecule has 0 radical (unpaired) electrons. The second-order valence-electron chi connectivity index (χ2n) is 1.30. The van der Waals surface area contributed by atoms with E-state index in [-0.39, 0.29) is 36.2 Å². The molecule has 0 amide bonds. The van der Waals surface area contributed by atoms with Crippen molar-refractivity contribution in [2.24, 2.45) is 0 Å². The van der Waals surface area contributed by atoms with E-state index >= 15 is 0 Å². The number of carbonyl (C=O) groups is 1. The third-order valence-corrected chi connectivity index (χ3v) is 0.658. The molecule has 1 N–H and O–H groups in total. The predicted octanol–water partition coefficient (Wildman–Crippen LogP) is -3.99. The van der Waals surface area contributed by atoms with Crippen molar-refractivity contribution in [2.75, 3.05) is 6.61 Å². The topological polar surface area (TPSA) is 104 Å². The van der Waals surface area contributed by atoms with E-state index in [2.05, 4.69) is 4.18 Å². The summed E-state index contributed by atoms with van der Waals surface area (Å²) in [4.78, 5) is 9.66. The largest absolute Gasteiger partial charge is 1.00 e. The second-order valence-corrected chi connectivity index (χ2v) is 2.28. The molecule has 68 valence electrons. The van der Waals surface area contributed by atoms with Gasteiger partial charge in [-0.05, 0) is 6.92 Å². The van der Waals surface area contributed by atoms with Crippen LogP contribution in [0.2, 0.25) is 0 Å². The number of aliphatic hydroxyl groups is 1. The Bertz CT molecular complexity index is 198. The number of hydrogen-bond donors (Lipinski definition) is 1. The third kappa shape index (κ3) is 31.6. The summed E-state index contributed by atoms with van der Waals surface area (Å²) in [6.07, 6.45) is 0. The Labute approximate surface area is 93.2 Å². The van der Waals surface area contributed by atoms with Crippen molar-refractivity contribution in [3.05, 3.63) is 0 Å². The fourth-order valence-electron chi connectivity index (χ4n) is 0.144. The first kappa shape index (κ1) is 18.2. The predicted molar refractivity (Wildman–Crippen MR) is 34.2 cm³/mol. The van der Waals surface area contributed by atoms with Crippen LogP contribution in [0.25, 0.3) is 0 Å². The Morgan fingerprint density at radius 1 is 1.58 bits per heavy atom. The Kier molecular flexibility index (Phi) is 14.3. The summed E-state index contributed by atoms with van der Waals surface area (Å²) in [6, 6.07) is 0. The molecule has 0 aromatic heterocycles. The standard InChI is InChI=1S/C2H4O5S.C2H6O.Na/c1-2(3)7-8(4,5)6;1-2-3;/h1H3,(H,4,5,6);3H,2H2,1H3;/q;;+1/p-1. The molecule has 8 heteroatoms. The van der Waals surface area contributed by atoms with Gasteiger partial charge in [-0.15, -0.1) is 0 Å². The molecule has 0 saturated carbocycles. The summed E-state index contributed by atoms with van der Waals surface area (Å²) in [6.45, 7) is 2.76. The molecule has 0 aliphatic carbocycles. The first-order valence-corrected chi connectivity index (χ1v) is 3.93. The van der Waals surface area contributed by atoms with Crippen LogP contribution < -0.4 is 29.6 Å². The zero-order valence-electron chi connectivity index (χ0n) is 7.10. The van der Waals surface area contributed by atoms with Crippen LogP contribution >= 0.6 is 0 Å². The number of aliphatic hydroxyl groups excluding tert-OH is 1. The summed E-state index contributed by atoms with van der Waals surface area (Å²) in [5, 5.41) is 7.57. The van der Waals surface area contributed by atoms with Gasteiger partial charge in [0.05, 0.1) is 0 Å². The van der Waals surface area contributed by atoms with Crippen LogP contribution in [0, 0.1) is 0 Å². The van der Waals surface area contributed by atoms with Gasteiger partial charge in [0.25, 0.3) is 10.4 Å². The van der Waals surface area contributed by atoms with E-state index in [4.69, 9.17) is 5.11 Å². The molecule has 0 heterocycles. The van der Waals surface area contributed by atoms with E-state index in [1.54, 1.807) is 6.92 Å². The molecular weight excluding hydrogens is 199 g/mol. The summed E-state index contributed by atoms with van der Waals surface area (Å²) in [5.74, 6) is -1.13. The van der Waals surface area contributed by atoms with Gasteiger partial charge in [-0.1, -0.05) is 0 Å². The van der Waals surface area contributed by atoms with Crippen LogP contribution in [0.1, 0.15) is 13.8 Å². The van der Waals surface area contributed by atoms with Gasteiger partial charge in [-0.25, -0.2) is 8.42 Å². The minimum atomic E-state index is -4.82. The van der Waals surface area contributed by atoms with Gasteiger partial charge in [0.2, 0.25) is 0 Å². The van der Waals surface area contributed by atoms with Crippen LogP contribution in [0.5, 0.6) is 0 Å². The molecule has 0 aliphatic rings. The number of hydrogen-bond acceptors (Lipinski definition) is 6. The van der Waals surface area contributed by atoms with Crippen LogP contribution in [0.4, 0.5) is 0 Å². The van der Waals surface area contributed by atoms with Crippen molar-refractivity contribution in [1.29, 1.82) is 0 Å². The van der Waals surface area contributed by atoms with Crippen LogP contribution in [0.15, 0.2) is 0 Å². The maximum Gasteiger partial charge on any atom is 1.00 e. The number of carbonyl (C=O) groups excluding carboxylic acids is 1. The quantitative estimate of drug-likeness (QED) is 0.267. The third-order valence-electron chi connectivity index (χ3n) is 0.219. The molecule has 0 aromatic carbocycles. The van der Waals surface area contributed by atoms with Crippen molar-refractivity contribution in [3.8, 4) is 0 Å². The van der Waals surface area contributed by atoms with Gasteiger partial charge in [0.15, 0.2) is 0 Å². The Hall–Kier alpha value is 0.340. The summed E-state index contributed by atoms with van der Waals surface area (Å²) in [7, 11) is -4.82. The minimum absolute atomic E-state index is 0. The molecule has 0 saturated heterocycles. The van der Waals surface area contributed by atoms with E-state index in [0.717, 1.165) is 6.92 Å². The SMILES string of the molecule is CC(=O)OS(=O)(=O)[O-].CCO.[Na+]. The van der Waals surface area contributed by atoms with Gasteiger partial charge in [0.1, 0.15) is 0 Å². The van der Waals surface area contributed by atoms with Crippen LogP contribution in [-0.4, -0.2) is 30.7 Å². The summed E-state index contributed by atoms with van der Waals surface area (Å²) < 4.78 is 31.5. The zero-order valence-corrected chi connectivity index (χ0v) is 9.92. The van der Waals surface area contributed by atoms with Gasteiger partial charge in [0, 0.05) is 13.5 Å². The molecule has 0 aliphatic heterocycles. The maximum atomic E-state index is 9.66. The Morgan fingerprint density at radius 3 is 1.83 bits per heavy atom. The van der Waals surface area contributed by atoms with Gasteiger partial charge in [-0.2, -0.15) is 0 Å². The zero-order chi connectivity index (χ0) is 9.49. The van der Waals surface area contributed by atoms with Gasteiger partial charge < -0.3 is 13.8 Å². The normalized spacial score (nSPS) is 8.67. The van der Waals surface area contributed by atoms with Crippen LogP contribution in [-0.2, 0) is 19.4 Å². The molecule has 0 atom stereocenters. The van der Waals surface area contributed by atoms with Crippen molar-refractivity contribution < 1.29 is 56.6 Å². The molecule has 0 spiro atoms. The average molecular weight is 208 g/mol. The van der Waals surface area contributed by atoms with Crippen molar-refractivity contribution in [3.63, 3.8) is 0 Å². The fourth-order valence-corrected chi connectivity index (χ4v) is 0.431. The molecule has 0 bridgehead atoms. The van der Waals surface area contributed by atoms with E-state index in [0.29, 0.717) is 0 Å². The van der Waals surface area contributed by atoms with Crippen molar-refractivity contribution in [1.82, 2.24) is 0 Å². The first-order valence-electron chi connectivity index (χ1n) is 2.60. The molecule has 0 unspecified atom stereocenters. The molecular formula is C4H9NaO6S. The molecule has 0 fully saturated rings. The van der Waals surface area contributed by atoms with Crippen molar-refractivity contribution in [2.45, 2.75) is 13.8 Å². The van der Waals surface area contributed by atoms with Gasteiger partial charge in [-0.3, -0.25) is 4.79 Å². The first-order chi connectivity index (χ1) is 4.83. The molecule has 0 rings (SSSR count). The van der Waals surface area contributed by atoms with Crippen LogP contribution in [0.3, 0.4) is 0 Å². The van der Waals surface area contributed by atoms with E-state index in [1.165, 1.54) is 0 Å². The van der Waals surface area contributed by atoms with E-state index in [9.17, 15) is 17.8 Å². The Balaban J connectivity index is -0.000000177. The Morgan fingerprint density at radius 2 is 1.83 bits per heavy atom. The maximum absolute atomic E-state index is 9.66. The molecule has 0 aromatic rings. The second kappa shape index (κ2) is 9.43. The average Bonchev–Trinajstić information content (AvgIpc) is 1.57. The van der Waals surface area contributed by atoms with E-state index in [1.807, 2.05) is 0 Å². The molecule has 12 heavy (non-hydrogen) atoms.